The van der Waals surface area contributed by atoms with E-state index in [1.165, 1.54) is 10.4 Å². The van der Waals surface area contributed by atoms with Crippen LogP contribution in [0.25, 0.3) is 0 Å². The largest absolute Gasteiger partial charge is 0.339 e. The molecule has 2 fully saturated rings. The van der Waals surface area contributed by atoms with Gasteiger partial charge in [0.25, 0.3) is 0 Å². The lowest BCUT2D eigenvalue weighted by Crippen LogP contribution is -2.40. The first-order valence-electron chi connectivity index (χ1n) is 9.13. The molecule has 1 aromatic heterocycles. The zero-order valence-corrected chi connectivity index (χ0v) is 17.3. The van der Waals surface area contributed by atoms with E-state index in [0.717, 1.165) is 31.5 Å². The zero-order chi connectivity index (χ0) is 19.2. The molecule has 0 N–H and O–H groups in total. The minimum absolute atomic E-state index is 0.112. The molecule has 0 unspecified atom stereocenters. The first-order chi connectivity index (χ1) is 12.8. The number of piperidine rings is 1. The highest BCUT2D eigenvalue weighted by molar-refractivity contribution is 7.89. The number of benzene rings is 1. The quantitative estimate of drug-likeness (QED) is 0.711. The summed E-state index contributed by atoms with van der Waals surface area (Å²) in [6.45, 7) is 2.67. The van der Waals surface area contributed by atoms with E-state index in [2.05, 4.69) is 10.1 Å². The molecule has 0 radical (unpaired) electrons. The lowest BCUT2D eigenvalue weighted by molar-refractivity contribution is 0.247. The maximum absolute atomic E-state index is 13.1. The SMILES string of the molecule is Cc1cc(S(=O)(=O)N2CCC[C@H](Cc3nc(C4CC4)no3)C2)c(Cl)cc1Cl. The van der Waals surface area contributed by atoms with Crippen LogP contribution in [0.2, 0.25) is 10.0 Å². The third kappa shape index (κ3) is 4.01. The predicted octanol–water partition coefficient (Wildman–Crippen LogP) is 4.21. The van der Waals surface area contributed by atoms with Crippen molar-refractivity contribution in [1.82, 2.24) is 14.4 Å². The zero-order valence-electron chi connectivity index (χ0n) is 15.0. The van der Waals surface area contributed by atoms with Gasteiger partial charge in [-0.25, -0.2) is 8.42 Å². The fourth-order valence-corrected chi connectivity index (χ4v) is 5.85. The monoisotopic (exact) mass is 429 g/mol. The number of hydrogen-bond acceptors (Lipinski definition) is 5. The van der Waals surface area contributed by atoms with E-state index in [1.54, 1.807) is 13.0 Å². The molecule has 0 spiro atoms. The van der Waals surface area contributed by atoms with E-state index in [0.29, 0.717) is 41.9 Å². The molecule has 1 saturated heterocycles. The third-order valence-corrected chi connectivity index (χ3v) is 7.94. The Morgan fingerprint density at radius 2 is 2.00 bits per heavy atom. The van der Waals surface area contributed by atoms with Gasteiger partial charge in [0.05, 0.1) is 5.02 Å². The van der Waals surface area contributed by atoms with Crippen molar-refractivity contribution >= 4 is 33.2 Å². The summed E-state index contributed by atoms with van der Waals surface area (Å²) < 4.78 is 33.1. The molecule has 1 saturated carbocycles. The molecule has 4 rings (SSSR count). The second-order valence-corrected chi connectivity index (χ2v) is 10.1. The summed E-state index contributed by atoms with van der Waals surface area (Å²) in [6.07, 6.45) is 4.56. The van der Waals surface area contributed by atoms with Gasteiger partial charge < -0.3 is 4.52 Å². The molecule has 1 aromatic carbocycles. The highest BCUT2D eigenvalue weighted by Crippen LogP contribution is 2.38. The minimum atomic E-state index is -3.68. The van der Waals surface area contributed by atoms with Gasteiger partial charge in [-0.1, -0.05) is 28.4 Å². The van der Waals surface area contributed by atoms with Crippen LogP contribution in [-0.4, -0.2) is 36.0 Å². The van der Waals surface area contributed by atoms with Gasteiger partial charge in [0.2, 0.25) is 15.9 Å². The number of nitrogens with zero attached hydrogens (tertiary/aromatic N) is 3. The van der Waals surface area contributed by atoms with Crippen LogP contribution in [0.3, 0.4) is 0 Å². The lowest BCUT2D eigenvalue weighted by Gasteiger charge is -2.31. The molecule has 146 valence electrons. The highest BCUT2D eigenvalue weighted by Gasteiger charge is 2.33. The Bertz CT molecular complexity index is 957. The maximum atomic E-state index is 13.1. The molecule has 2 heterocycles. The van der Waals surface area contributed by atoms with Crippen molar-refractivity contribution in [3.05, 3.63) is 39.5 Å². The van der Waals surface area contributed by atoms with Crippen molar-refractivity contribution in [1.29, 1.82) is 0 Å². The number of halogens is 2. The molecule has 27 heavy (non-hydrogen) atoms. The number of rotatable bonds is 5. The van der Waals surface area contributed by atoms with Crippen LogP contribution >= 0.6 is 23.2 Å². The van der Waals surface area contributed by atoms with E-state index >= 15 is 0 Å². The van der Waals surface area contributed by atoms with E-state index in [9.17, 15) is 8.42 Å². The summed E-state index contributed by atoms with van der Waals surface area (Å²) in [5, 5.41) is 4.65. The molecule has 0 bridgehead atoms. The number of aryl methyl sites for hydroxylation is 1. The van der Waals surface area contributed by atoms with Crippen LogP contribution in [0.15, 0.2) is 21.6 Å². The summed E-state index contributed by atoms with van der Waals surface area (Å²) in [4.78, 5) is 4.58. The van der Waals surface area contributed by atoms with Crippen molar-refractivity contribution in [3.63, 3.8) is 0 Å². The standard InChI is InChI=1S/C18H21Cl2N3O3S/c1-11-7-16(15(20)9-14(11)19)27(24,25)23-6-2-3-12(10-23)8-17-21-18(22-26-17)13-4-5-13/h7,9,12-13H,2-6,8,10H2,1H3/t12-/m1/s1. The lowest BCUT2D eigenvalue weighted by atomic mass is 9.96. The maximum Gasteiger partial charge on any atom is 0.244 e. The first-order valence-corrected chi connectivity index (χ1v) is 11.3. The highest BCUT2D eigenvalue weighted by atomic mass is 35.5. The average Bonchev–Trinajstić information content (AvgIpc) is 3.38. The molecule has 1 aliphatic carbocycles. The van der Waals surface area contributed by atoms with Crippen LogP contribution in [0.5, 0.6) is 0 Å². The Hall–Kier alpha value is -1.15. The van der Waals surface area contributed by atoms with Gasteiger partial charge in [-0.15, -0.1) is 0 Å². The third-order valence-electron chi connectivity index (χ3n) is 5.20. The van der Waals surface area contributed by atoms with Gasteiger partial charge in [-0.05, 0) is 56.2 Å². The summed E-state index contributed by atoms with van der Waals surface area (Å²) in [5.74, 6) is 1.98. The fraction of sp³-hybridized carbons (Fsp3) is 0.556. The Labute approximate surface area is 168 Å². The number of hydrogen-bond donors (Lipinski definition) is 0. The van der Waals surface area contributed by atoms with Crippen molar-refractivity contribution in [2.45, 2.75) is 49.8 Å². The van der Waals surface area contributed by atoms with Gasteiger partial charge in [-0.3, -0.25) is 0 Å². The van der Waals surface area contributed by atoms with Gasteiger partial charge in [-0.2, -0.15) is 9.29 Å². The van der Waals surface area contributed by atoms with Gasteiger partial charge in [0.1, 0.15) is 4.90 Å². The van der Waals surface area contributed by atoms with Crippen LogP contribution < -0.4 is 0 Å². The second kappa shape index (κ2) is 7.35. The van der Waals surface area contributed by atoms with E-state index in [1.807, 2.05) is 0 Å². The van der Waals surface area contributed by atoms with Crippen LogP contribution in [0.1, 0.15) is 48.9 Å². The molecular formula is C18H21Cl2N3O3S. The minimum Gasteiger partial charge on any atom is -0.339 e. The number of sulfonamides is 1. The molecule has 0 amide bonds. The molecule has 2 aliphatic rings. The van der Waals surface area contributed by atoms with E-state index in [4.69, 9.17) is 27.7 Å². The summed E-state index contributed by atoms with van der Waals surface area (Å²) >= 11 is 12.2. The Balaban J connectivity index is 1.50. The van der Waals surface area contributed by atoms with Crippen LogP contribution in [-0.2, 0) is 16.4 Å². The molecule has 1 atom stereocenters. The summed E-state index contributed by atoms with van der Waals surface area (Å²) in [5.41, 5.74) is 0.687. The predicted molar refractivity (Wildman–Crippen MR) is 103 cm³/mol. The van der Waals surface area contributed by atoms with Gasteiger partial charge in [0.15, 0.2) is 5.82 Å². The van der Waals surface area contributed by atoms with Gasteiger partial charge >= 0.3 is 0 Å². The van der Waals surface area contributed by atoms with Gasteiger partial charge in [0, 0.05) is 30.5 Å². The van der Waals surface area contributed by atoms with Crippen molar-refractivity contribution in [2.75, 3.05) is 13.1 Å². The smallest absolute Gasteiger partial charge is 0.244 e. The number of aromatic nitrogens is 2. The van der Waals surface area contributed by atoms with Crippen LogP contribution in [0, 0.1) is 12.8 Å². The Morgan fingerprint density at radius 3 is 2.74 bits per heavy atom. The van der Waals surface area contributed by atoms with E-state index < -0.39 is 10.0 Å². The normalized spacial score (nSPS) is 21.5. The molecular weight excluding hydrogens is 409 g/mol. The van der Waals surface area contributed by atoms with Crippen molar-refractivity contribution < 1.29 is 12.9 Å². The van der Waals surface area contributed by atoms with Crippen LogP contribution in [0.4, 0.5) is 0 Å². The van der Waals surface area contributed by atoms with E-state index in [-0.39, 0.29) is 15.8 Å². The first kappa shape index (κ1) is 19.2. The summed E-state index contributed by atoms with van der Waals surface area (Å²) in [7, 11) is -3.68. The fourth-order valence-electron chi connectivity index (χ4n) is 3.48. The average molecular weight is 430 g/mol. The molecule has 6 nitrogen and oxygen atoms in total. The Morgan fingerprint density at radius 1 is 1.22 bits per heavy atom. The summed E-state index contributed by atoms with van der Waals surface area (Å²) in [6, 6.07) is 3.04. The van der Waals surface area contributed by atoms with Crippen molar-refractivity contribution in [3.8, 4) is 0 Å². The molecule has 2 aromatic rings. The molecule has 1 aliphatic heterocycles. The van der Waals surface area contributed by atoms with Crippen molar-refractivity contribution in [2.24, 2.45) is 5.92 Å². The second-order valence-electron chi connectivity index (χ2n) is 7.43. The molecule has 9 heteroatoms. The topological polar surface area (TPSA) is 76.3 Å². The Kier molecular flexibility index (Phi) is 5.22.